The Balaban J connectivity index is 1.04. The van der Waals surface area contributed by atoms with Gasteiger partial charge in [0.1, 0.15) is 0 Å². The Labute approximate surface area is 303 Å². The zero-order valence-electron chi connectivity index (χ0n) is 29.2. The fourth-order valence-electron chi connectivity index (χ4n) is 8.23. The van der Waals surface area contributed by atoms with E-state index in [-0.39, 0.29) is 0 Å². The summed E-state index contributed by atoms with van der Waals surface area (Å²) in [6.45, 7) is 4.37. The van der Waals surface area contributed by atoms with E-state index in [4.69, 9.17) is 0 Å². The van der Waals surface area contributed by atoms with Gasteiger partial charge < -0.3 is 9.13 Å². The average Bonchev–Trinajstić information content (AvgIpc) is 3.70. The van der Waals surface area contributed by atoms with E-state index in [1.54, 1.807) is 0 Å². The Morgan fingerprint density at radius 1 is 0.288 bits per heavy atom. The number of rotatable bonds is 5. The van der Waals surface area contributed by atoms with Crippen molar-refractivity contribution in [3.05, 3.63) is 193 Å². The van der Waals surface area contributed by atoms with E-state index >= 15 is 0 Å². The van der Waals surface area contributed by atoms with Gasteiger partial charge in [0.15, 0.2) is 0 Å². The van der Waals surface area contributed by atoms with Crippen LogP contribution in [0.4, 0.5) is 0 Å². The first kappa shape index (κ1) is 30.2. The van der Waals surface area contributed by atoms with Crippen molar-refractivity contribution >= 4 is 43.6 Å². The summed E-state index contributed by atoms with van der Waals surface area (Å²) in [5.74, 6) is 0. The second kappa shape index (κ2) is 12.0. The second-order valence-corrected chi connectivity index (χ2v) is 13.9. The third-order valence-electron chi connectivity index (χ3n) is 10.8. The molecule has 0 spiro atoms. The Kier molecular flexibility index (Phi) is 6.97. The van der Waals surface area contributed by atoms with Crippen molar-refractivity contribution in [3.8, 4) is 44.8 Å². The molecule has 0 fully saturated rings. The zero-order chi connectivity index (χ0) is 34.8. The van der Waals surface area contributed by atoms with E-state index in [1.807, 2.05) is 0 Å². The summed E-state index contributed by atoms with van der Waals surface area (Å²) >= 11 is 0. The maximum Gasteiger partial charge on any atom is 0.0547 e. The van der Waals surface area contributed by atoms with Gasteiger partial charge in [0.2, 0.25) is 0 Å². The maximum absolute atomic E-state index is 2.41. The highest BCUT2D eigenvalue weighted by Crippen LogP contribution is 2.38. The molecule has 0 aliphatic heterocycles. The van der Waals surface area contributed by atoms with Gasteiger partial charge in [0.05, 0.1) is 22.1 Å². The lowest BCUT2D eigenvalue weighted by atomic mass is 9.99. The molecule has 2 aromatic heterocycles. The van der Waals surface area contributed by atoms with Gasteiger partial charge in [0.25, 0.3) is 0 Å². The Bertz CT molecular complexity index is 2750. The summed E-state index contributed by atoms with van der Waals surface area (Å²) < 4.78 is 4.82. The first-order valence-corrected chi connectivity index (χ1v) is 18.0. The molecule has 0 N–H and O–H groups in total. The monoisotopic (exact) mass is 664 g/mol. The lowest BCUT2D eigenvalue weighted by Crippen LogP contribution is -1.95. The maximum atomic E-state index is 2.41. The SMILES string of the molecule is Cc1ccccc1-c1ccc2c3ccccc3n(-c3ccc(-c4ccc(-n5c6ccccc6c6ccc(-c7ccccc7C)cc65)cc4)cc3)c2c1. The predicted molar refractivity (Wildman–Crippen MR) is 221 cm³/mol. The summed E-state index contributed by atoms with van der Waals surface area (Å²) in [4.78, 5) is 0. The Morgan fingerprint density at radius 2 is 0.635 bits per heavy atom. The molecule has 246 valence electrons. The number of aromatic nitrogens is 2. The second-order valence-electron chi connectivity index (χ2n) is 13.9. The molecule has 2 heteroatoms. The van der Waals surface area contributed by atoms with Crippen LogP contribution < -0.4 is 0 Å². The van der Waals surface area contributed by atoms with Crippen LogP contribution in [0, 0.1) is 13.8 Å². The average molecular weight is 665 g/mol. The summed E-state index contributed by atoms with van der Waals surface area (Å²) in [5.41, 5.74) is 17.2. The van der Waals surface area contributed by atoms with Gasteiger partial charge in [-0.15, -0.1) is 0 Å². The fraction of sp³-hybridized carbons (Fsp3) is 0.0400. The van der Waals surface area contributed by atoms with Crippen LogP contribution in [-0.4, -0.2) is 9.13 Å². The predicted octanol–water partition coefficient (Wildman–Crippen LogP) is 13.5. The number of nitrogens with zero attached hydrogens (tertiary/aromatic N) is 2. The molecule has 0 radical (unpaired) electrons. The van der Waals surface area contributed by atoms with Gasteiger partial charge in [-0.25, -0.2) is 0 Å². The Morgan fingerprint density at radius 3 is 1.06 bits per heavy atom. The van der Waals surface area contributed by atoms with Crippen LogP contribution in [0.5, 0.6) is 0 Å². The molecule has 10 rings (SSSR count). The number of aryl methyl sites for hydroxylation is 2. The van der Waals surface area contributed by atoms with Gasteiger partial charge in [-0.1, -0.05) is 133 Å². The molecule has 0 saturated heterocycles. The summed E-state index contributed by atoms with van der Waals surface area (Å²) in [5, 5.41) is 5.07. The van der Waals surface area contributed by atoms with Crippen LogP contribution in [0.3, 0.4) is 0 Å². The topological polar surface area (TPSA) is 9.86 Å². The van der Waals surface area contributed by atoms with Gasteiger partial charge in [-0.05, 0) is 107 Å². The van der Waals surface area contributed by atoms with E-state index in [1.165, 1.54) is 88.1 Å². The van der Waals surface area contributed by atoms with Crippen molar-refractivity contribution in [1.82, 2.24) is 9.13 Å². The minimum Gasteiger partial charge on any atom is -0.309 e. The molecule has 0 saturated carbocycles. The first-order valence-electron chi connectivity index (χ1n) is 18.0. The highest BCUT2D eigenvalue weighted by Gasteiger charge is 2.16. The number of fused-ring (bicyclic) bond motifs is 6. The van der Waals surface area contributed by atoms with Crippen LogP contribution in [0.25, 0.3) is 88.4 Å². The van der Waals surface area contributed by atoms with Crippen LogP contribution in [0.2, 0.25) is 0 Å². The van der Waals surface area contributed by atoms with Gasteiger partial charge in [-0.3, -0.25) is 0 Å². The quantitative estimate of drug-likeness (QED) is 0.173. The molecule has 8 aromatic carbocycles. The first-order chi connectivity index (χ1) is 25.6. The lowest BCUT2D eigenvalue weighted by Gasteiger charge is -2.12. The number of para-hydroxylation sites is 2. The fourth-order valence-corrected chi connectivity index (χ4v) is 8.23. The molecule has 0 atom stereocenters. The van der Waals surface area contributed by atoms with Crippen LogP contribution in [0.1, 0.15) is 11.1 Å². The molecule has 0 aliphatic rings. The van der Waals surface area contributed by atoms with Crippen molar-refractivity contribution in [2.75, 3.05) is 0 Å². The summed E-state index contributed by atoms with van der Waals surface area (Å²) in [6.07, 6.45) is 0. The van der Waals surface area contributed by atoms with Crippen LogP contribution in [-0.2, 0) is 0 Å². The van der Waals surface area contributed by atoms with Crippen molar-refractivity contribution in [2.24, 2.45) is 0 Å². The number of hydrogen-bond acceptors (Lipinski definition) is 0. The van der Waals surface area contributed by atoms with Gasteiger partial charge >= 0.3 is 0 Å². The number of hydrogen-bond donors (Lipinski definition) is 0. The minimum atomic E-state index is 1.16. The van der Waals surface area contributed by atoms with Crippen LogP contribution >= 0.6 is 0 Å². The third-order valence-corrected chi connectivity index (χ3v) is 10.8. The van der Waals surface area contributed by atoms with E-state index in [2.05, 4.69) is 205 Å². The normalized spacial score (nSPS) is 11.7. The molecule has 10 aromatic rings. The zero-order valence-corrected chi connectivity index (χ0v) is 29.2. The molecular formula is C50H36N2. The van der Waals surface area contributed by atoms with E-state index in [0.29, 0.717) is 0 Å². The smallest absolute Gasteiger partial charge is 0.0547 e. The van der Waals surface area contributed by atoms with Crippen LogP contribution in [0.15, 0.2) is 182 Å². The molecule has 0 bridgehead atoms. The minimum absolute atomic E-state index is 1.16. The molecule has 52 heavy (non-hydrogen) atoms. The van der Waals surface area contributed by atoms with Crippen molar-refractivity contribution in [1.29, 1.82) is 0 Å². The molecule has 0 unspecified atom stereocenters. The molecule has 2 heterocycles. The molecule has 0 amide bonds. The van der Waals surface area contributed by atoms with Crippen molar-refractivity contribution in [2.45, 2.75) is 13.8 Å². The molecular weight excluding hydrogens is 629 g/mol. The molecule has 0 aliphatic carbocycles. The molecule has 2 nitrogen and oxygen atoms in total. The highest BCUT2D eigenvalue weighted by atomic mass is 15.0. The van der Waals surface area contributed by atoms with E-state index in [9.17, 15) is 0 Å². The summed E-state index contributed by atoms with van der Waals surface area (Å²) in [6, 6.07) is 66.6. The highest BCUT2D eigenvalue weighted by molar-refractivity contribution is 6.11. The van der Waals surface area contributed by atoms with Gasteiger partial charge in [-0.2, -0.15) is 0 Å². The summed E-state index contributed by atoms with van der Waals surface area (Å²) in [7, 11) is 0. The van der Waals surface area contributed by atoms with E-state index in [0.717, 1.165) is 11.4 Å². The largest absolute Gasteiger partial charge is 0.309 e. The van der Waals surface area contributed by atoms with E-state index < -0.39 is 0 Å². The van der Waals surface area contributed by atoms with Crippen molar-refractivity contribution in [3.63, 3.8) is 0 Å². The number of benzene rings is 8. The van der Waals surface area contributed by atoms with Crippen molar-refractivity contribution < 1.29 is 0 Å². The lowest BCUT2D eigenvalue weighted by molar-refractivity contribution is 1.18. The van der Waals surface area contributed by atoms with Gasteiger partial charge in [0, 0.05) is 32.9 Å². The standard InChI is InChI=1S/C50H36N2/c1-33-11-3-5-13-41(33)37-23-29-45-43-15-7-9-17-47(43)51(49(45)31-37)39-25-19-35(20-26-39)36-21-27-40(28-22-36)52-48-18-10-8-16-44(48)46-30-24-38(32-50(46)52)42-14-6-4-12-34(42)2/h3-32H,1-2H3. The Hall–Kier alpha value is -6.64. The third kappa shape index (κ3) is 4.80.